The first-order valence-electron chi connectivity index (χ1n) is 6.74. The van der Waals surface area contributed by atoms with Crippen LogP contribution in [0.1, 0.15) is 13.8 Å². The molecule has 0 fully saturated rings. The second-order valence-electron chi connectivity index (χ2n) is 4.40. The van der Waals surface area contributed by atoms with E-state index in [1.54, 1.807) is 31.0 Å². The van der Waals surface area contributed by atoms with Crippen LogP contribution in [0.4, 0.5) is 5.82 Å². The highest BCUT2D eigenvalue weighted by Crippen LogP contribution is 2.12. The molecule has 0 bridgehead atoms. The molecule has 0 spiro atoms. The number of esters is 1. The van der Waals surface area contributed by atoms with Crippen LogP contribution in [0, 0.1) is 0 Å². The van der Waals surface area contributed by atoms with Gasteiger partial charge in [0.2, 0.25) is 5.91 Å². The molecule has 0 aliphatic rings. The van der Waals surface area contributed by atoms with Crippen molar-refractivity contribution >= 4 is 29.3 Å². The van der Waals surface area contributed by atoms with Gasteiger partial charge in [0.15, 0.2) is 0 Å². The van der Waals surface area contributed by atoms with Crippen LogP contribution in [0.5, 0.6) is 0 Å². The zero-order valence-electron chi connectivity index (χ0n) is 12.5. The zero-order chi connectivity index (χ0) is 15.8. The number of carbonyl (C=O) groups excluding carboxylic acids is 2. The monoisotopic (exact) mass is 313 g/mol. The Morgan fingerprint density at radius 2 is 2.00 bits per heavy atom. The number of ether oxygens (including phenoxy) is 1. The maximum Gasteiger partial charge on any atom is 0.325 e. The number of halogens is 1. The molecular weight excluding hydrogens is 294 g/mol. The number of rotatable bonds is 7. The molecule has 21 heavy (non-hydrogen) atoms. The molecule has 7 heteroatoms. The van der Waals surface area contributed by atoms with E-state index >= 15 is 0 Å². The Hall–Kier alpha value is -1.82. The lowest BCUT2D eigenvalue weighted by Gasteiger charge is -2.24. The maximum atomic E-state index is 12.2. The first kappa shape index (κ1) is 17.2. The van der Waals surface area contributed by atoms with Crippen molar-refractivity contribution < 1.29 is 14.3 Å². The molecule has 1 rings (SSSR count). The van der Waals surface area contributed by atoms with Gasteiger partial charge in [0, 0.05) is 19.8 Å². The number of amides is 1. The Balaban J connectivity index is 2.60. The van der Waals surface area contributed by atoms with Crippen LogP contribution >= 0.6 is 11.6 Å². The van der Waals surface area contributed by atoms with E-state index in [1.807, 2.05) is 6.92 Å². The summed E-state index contributed by atoms with van der Waals surface area (Å²) in [6.45, 7) is 4.39. The third-order valence-electron chi connectivity index (χ3n) is 2.84. The van der Waals surface area contributed by atoms with Gasteiger partial charge in [0.05, 0.1) is 18.2 Å². The van der Waals surface area contributed by atoms with E-state index in [4.69, 9.17) is 16.3 Å². The summed E-state index contributed by atoms with van der Waals surface area (Å²) in [6, 6.07) is 3.44. The number of anilines is 1. The van der Waals surface area contributed by atoms with E-state index in [9.17, 15) is 9.59 Å². The molecule has 116 valence electrons. The summed E-state index contributed by atoms with van der Waals surface area (Å²) in [5, 5.41) is 0.538. The fourth-order valence-electron chi connectivity index (χ4n) is 1.72. The number of aromatic nitrogens is 1. The van der Waals surface area contributed by atoms with Gasteiger partial charge in [-0.2, -0.15) is 0 Å². The second kappa shape index (κ2) is 8.46. The molecule has 1 heterocycles. The van der Waals surface area contributed by atoms with Crippen LogP contribution in [-0.4, -0.2) is 55.0 Å². The number of likely N-dealkylation sites (N-methyl/N-ethyl adjacent to an activating group) is 2. The average Bonchev–Trinajstić information content (AvgIpc) is 2.45. The minimum atomic E-state index is -0.403. The van der Waals surface area contributed by atoms with Crippen LogP contribution in [0.15, 0.2) is 18.3 Å². The van der Waals surface area contributed by atoms with Crippen molar-refractivity contribution in [1.82, 2.24) is 9.88 Å². The molecule has 0 saturated carbocycles. The van der Waals surface area contributed by atoms with Crippen molar-refractivity contribution in [2.24, 2.45) is 0 Å². The molecule has 0 N–H and O–H groups in total. The largest absolute Gasteiger partial charge is 0.465 e. The normalized spacial score (nSPS) is 10.1. The Labute approximate surface area is 129 Å². The van der Waals surface area contributed by atoms with E-state index < -0.39 is 5.97 Å². The summed E-state index contributed by atoms with van der Waals surface area (Å²) in [5.41, 5.74) is 0. The van der Waals surface area contributed by atoms with Gasteiger partial charge < -0.3 is 14.5 Å². The molecule has 0 aliphatic heterocycles. The maximum absolute atomic E-state index is 12.2. The van der Waals surface area contributed by atoms with Crippen molar-refractivity contribution in [3.63, 3.8) is 0 Å². The lowest BCUT2D eigenvalue weighted by molar-refractivity contribution is -0.148. The third kappa shape index (κ3) is 5.59. The number of nitrogens with zero attached hydrogens (tertiary/aromatic N) is 3. The van der Waals surface area contributed by atoms with E-state index in [0.29, 0.717) is 24.0 Å². The van der Waals surface area contributed by atoms with Crippen molar-refractivity contribution in [2.45, 2.75) is 13.8 Å². The second-order valence-corrected chi connectivity index (χ2v) is 4.84. The number of pyridine rings is 1. The van der Waals surface area contributed by atoms with Gasteiger partial charge in [0.1, 0.15) is 12.4 Å². The lowest BCUT2D eigenvalue weighted by atomic mass is 10.4. The summed E-state index contributed by atoms with van der Waals surface area (Å²) >= 11 is 5.77. The quantitative estimate of drug-likeness (QED) is 0.715. The molecule has 0 atom stereocenters. The molecule has 1 amide bonds. The van der Waals surface area contributed by atoms with Crippen LogP contribution in [0.2, 0.25) is 5.02 Å². The molecule has 1 aromatic heterocycles. The topological polar surface area (TPSA) is 62.7 Å². The number of hydrogen-bond acceptors (Lipinski definition) is 5. The van der Waals surface area contributed by atoms with Gasteiger partial charge in [-0.25, -0.2) is 4.98 Å². The van der Waals surface area contributed by atoms with Crippen LogP contribution < -0.4 is 4.90 Å². The molecule has 0 radical (unpaired) electrons. The highest BCUT2D eigenvalue weighted by atomic mass is 35.5. The van der Waals surface area contributed by atoms with Gasteiger partial charge in [-0.15, -0.1) is 0 Å². The van der Waals surface area contributed by atoms with Gasteiger partial charge in [-0.05, 0) is 26.0 Å². The van der Waals surface area contributed by atoms with E-state index in [2.05, 4.69) is 4.98 Å². The van der Waals surface area contributed by atoms with E-state index in [-0.39, 0.29) is 19.0 Å². The Morgan fingerprint density at radius 1 is 1.29 bits per heavy atom. The molecule has 1 aromatic rings. The molecule has 6 nitrogen and oxygen atoms in total. The Kier molecular flexibility index (Phi) is 6.94. The standard InChI is InChI=1S/C14H20ClN3O3/c1-4-18(10-14(20)21-5-2)13(19)9-17(3)12-7-6-11(15)8-16-12/h6-8H,4-5,9-10H2,1-3H3. The van der Waals surface area contributed by atoms with E-state index in [0.717, 1.165) is 0 Å². The molecule has 0 saturated heterocycles. The predicted octanol–water partition coefficient (Wildman–Crippen LogP) is 1.58. The van der Waals surface area contributed by atoms with Crippen molar-refractivity contribution in [3.05, 3.63) is 23.4 Å². The first-order chi connectivity index (χ1) is 9.97. The van der Waals surface area contributed by atoms with Gasteiger partial charge in [-0.1, -0.05) is 11.6 Å². The summed E-state index contributed by atoms with van der Waals surface area (Å²) in [4.78, 5) is 30.9. The number of hydrogen-bond donors (Lipinski definition) is 0. The summed E-state index contributed by atoms with van der Waals surface area (Å²) in [5.74, 6) is 0.0738. The summed E-state index contributed by atoms with van der Waals surface area (Å²) < 4.78 is 4.85. The molecule has 0 aromatic carbocycles. The van der Waals surface area contributed by atoms with Crippen molar-refractivity contribution in [3.8, 4) is 0 Å². The highest BCUT2D eigenvalue weighted by molar-refractivity contribution is 6.30. The first-order valence-corrected chi connectivity index (χ1v) is 7.11. The zero-order valence-corrected chi connectivity index (χ0v) is 13.3. The van der Waals surface area contributed by atoms with Gasteiger partial charge in [0.25, 0.3) is 0 Å². The van der Waals surface area contributed by atoms with Crippen LogP contribution in [0.3, 0.4) is 0 Å². The van der Waals surface area contributed by atoms with Gasteiger partial charge in [-0.3, -0.25) is 9.59 Å². The summed E-state index contributed by atoms with van der Waals surface area (Å²) in [6.07, 6.45) is 1.52. The Bertz CT molecular complexity index is 479. The SMILES string of the molecule is CCOC(=O)CN(CC)C(=O)CN(C)c1ccc(Cl)cn1. The van der Waals surface area contributed by atoms with Gasteiger partial charge >= 0.3 is 5.97 Å². The minimum Gasteiger partial charge on any atom is -0.465 e. The van der Waals surface area contributed by atoms with E-state index in [1.165, 1.54) is 11.1 Å². The third-order valence-corrected chi connectivity index (χ3v) is 3.06. The minimum absolute atomic E-state index is 0.0366. The van der Waals surface area contributed by atoms with Crippen LogP contribution in [-0.2, 0) is 14.3 Å². The fraction of sp³-hybridized carbons (Fsp3) is 0.500. The smallest absolute Gasteiger partial charge is 0.325 e. The molecule has 0 aliphatic carbocycles. The summed E-state index contributed by atoms with van der Waals surface area (Å²) in [7, 11) is 1.76. The lowest BCUT2D eigenvalue weighted by Crippen LogP contribution is -2.42. The average molecular weight is 314 g/mol. The fourth-order valence-corrected chi connectivity index (χ4v) is 1.83. The molecule has 0 unspecified atom stereocenters. The van der Waals surface area contributed by atoms with Crippen LogP contribution in [0.25, 0.3) is 0 Å². The predicted molar refractivity (Wildman–Crippen MR) is 81.4 cm³/mol. The van der Waals surface area contributed by atoms with Crippen molar-refractivity contribution in [2.75, 3.05) is 38.2 Å². The highest BCUT2D eigenvalue weighted by Gasteiger charge is 2.18. The molecular formula is C14H20ClN3O3. The number of carbonyl (C=O) groups is 2. The van der Waals surface area contributed by atoms with Crippen molar-refractivity contribution in [1.29, 1.82) is 0 Å². The Morgan fingerprint density at radius 3 is 2.52 bits per heavy atom.